The Hall–Kier alpha value is -2.73. The molecule has 0 amide bonds. The molecule has 0 saturated heterocycles. The Morgan fingerprint density at radius 3 is 2.77 bits per heavy atom. The molecule has 6 heteroatoms. The molecule has 0 radical (unpaired) electrons. The number of hydrogen-bond donors (Lipinski definition) is 0. The van der Waals surface area contributed by atoms with Crippen molar-refractivity contribution in [1.82, 2.24) is 14.1 Å². The number of halogens is 1. The zero-order valence-corrected chi connectivity index (χ0v) is 15.6. The van der Waals surface area contributed by atoms with E-state index in [0.29, 0.717) is 6.42 Å². The van der Waals surface area contributed by atoms with Crippen LogP contribution < -0.4 is 5.69 Å². The summed E-state index contributed by atoms with van der Waals surface area (Å²) in [6, 6.07) is 11.5. The van der Waals surface area contributed by atoms with Crippen LogP contribution in [0.3, 0.4) is 0 Å². The van der Waals surface area contributed by atoms with Crippen LogP contribution in [0.5, 0.6) is 0 Å². The summed E-state index contributed by atoms with van der Waals surface area (Å²) in [6.07, 6.45) is 3.01. The molecule has 0 unspecified atom stereocenters. The average molecular weight is 408 g/mol. The molecule has 0 fully saturated rings. The summed E-state index contributed by atoms with van der Waals surface area (Å²) >= 11 is 3.51. The summed E-state index contributed by atoms with van der Waals surface area (Å²) in [7, 11) is 1.75. The van der Waals surface area contributed by atoms with E-state index in [-0.39, 0.29) is 11.5 Å². The quantitative estimate of drug-likeness (QED) is 0.482. The van der Waals surface area contributed by atoms with E-state index < -0.39 is 0 Å². The van der Waals surface area contributed by atoms with Gasteiger partial charge in [-0.2, -0.15) is 0 Å². The highest BCUT2D eigenvalue weighted by atomic mass is 79.9. The molecule has 1 aliphatic carbocycles. The minimum absolute atomic E-state index is 0.126. The SMILES string of the molecule is Cn1c(=O)n(-c2ccc3c(c2)CCC3=O)c2c3cc(Br)ccc3ncc21. The molecule has 0 atom stereocenters. The Morgan fingerprint density at radius 2 is 1.92 bits per heavy atom. The van der Waals surface area contributed by atoms with E-state index in [4.69, 9.17) is 0 Å². The molecule has 0 saturated carbocycles. The van der Waals surface area contributed by atoms with Crippen LogP contribution in [0.2, 0.25) is 0 Å². The fourth-order valence-electron chi connectivity index (χ4n) is 3.79. The number of benzene rings is 2. The summed E-state index contributed by atoms with van der Waals surface area (Å²) in [5.74, 6) is 0.176. The molecule has 5 rings (SSSR count). The molecule has 0 N–H and O–H groups in total. The van der Waals surface area contributed by atoms with Gasteiger partial charge in [0.15, 0.2) is 5.78 Å². The van der Waals surface area contributed by atoms with Crippen molar-refractivity contribution in [2.45, 2.75) is 12.8 Å². The van der Waals surface area contributed by atoms with Crippen LogP contribution in [-0.4, -0.2) is 19.9 Å². The highest BCUT2D eigenvalue weighted by Crippen LogP contribution is 2.29. The first-order valence-electron chi connectivity index (χ1n) is 8.37. The lowest BCUT2D eigenvalue weighted by atomic mass is 10.1. The van der Waals surface area contributed by atoms with Gasteiger partial charge in [-0.15, -0.1) is 0 Å². The third-order valence-electron chi connectivity index (χ3n) is 5.11. The topological polar surface area (TPSA) is 56.9 Å². The van der Waals surface area contributed by atoms with Crippen LogP contribution in [-0.2, 0) is 13.5 Å². The van der Waals surface area contributed by atoms with E-state index in [1.165, 1.54) is 0 Å². The first-order valence-corrected chi connectivity index (χ1v) is 9.16. The molecule has 2 aromatic carbocycles. The van der Waals surface area contributed by atoms with Crippen LogP contribution in [0.4, 0.5) is 0 Å². The van der Waals surface area contributed by atoms with E-state index >= 15 is 0 Å². The maximum Gasteiger partial charge on any atom is 0.333 e. The van der Waals surface area contributed by atoms with Gasteiger partial charge in [0.05, 0.1) is 28.4 Å². The Morgan fingerprint density at radius 1 is 1.08 bits per heavy atom. The van der Waals surface area contributed by atoms with Gasteiger partial charge >= 0.3 is 5.69 Å². The lowest BCUT2D eigenvalue weighted by Gasteiger charge is -2.08. The molecule has 26 heavy (non-hydrogen) atoms. The van der Waals surface area contributed by atoms with Gasteiger partial charge < -0.3 is 0 Å². The van der Waals surface area contributed by atoms with Gasteiger partial charge in [-0.25, -0.2) is 4.79 Å². The number of pyridine rings is 1. The number of carbonyl (C=O) groups excluding carboxylic acids is 1. The van der Waals surface area contributed by atoms with E-state index in [0.717, 1.165) is 49.6 Å². The van der Waals surface area contributed by atoms with Crippen molar-refractivity contribution in [2.75, 3.05) is 0 Å². The Labute approximate surface area is 157 Å². The van der Waals surface area contributed by atoms with Crippen LogP contribution in [0, 0.1) is 0 Å². The third kappa shape index (κ3) is 2.05. The molecule has 0 aliphatic heterocycles. The largest absolute Gasteiger partial charge is 0.333 e. The van der Waals surface area contributed by atoms with Gasteiger partial charge in [-0.3, -0.25) is 18.9 Å². The van der Waals surface area contributed by atoms with Gasteiger partial charge in [0.1, 0.15) is 0 Å². The zero-order chi connectivity index (χ0) is 18.0. The number of carbonyl (C=O) groups is 1. The van der Waals surface area contributed by atoms with Crippen molar-refractivity contribution in [3.05, 3.63) is 68.7 Å². The van der Waals surface area contributed by atoms with Gasteiger partial charge in [0, 0.05) is 28.9 Å². The maximum absolute atomic E-state index is 13.0. The number of imidazole rings is 1. The first kappa shape index (κ1) is 15.5. The fourth-order valence-corrected chi connectivity index (χ4v) is 4.15. The predicted molar refractivity (Wildman–Crippen MR) is 104 cm³/mol. The number of ketones is 1. The molecule has 5 nitrogen and oxygen atoms in total. The number of fused-ring (bicyclic) bond motifs is 4. The van der Waals surface area contributed by atoms with Crippen LogP contribution in [0.1, 0.15) is 22.3 Å². The maximum atomic E-state index is 13.0. The molecule has 1 aliphatic rings. The van der Waals surface area contributed by atoms with E-state index in [1.807, 2.05) is 36.4 Å². The Kier molecular flexibility index (Phi) is 3.21. The Bertz CT molecular complexity index is 1300. The molecule has 0 bridgehead atoms. The summed E-state index contributed by atoms with van der Waals surface area (Å²) in [5, 5.41) is 0.908. The summed E-state index contributed by atoms with van der Waals surface area (Å²) < 4.78 is 4.26. The lowest BCUT2D eigenvalue weighted by molar-refractivity contribution is 0.0994. The van der Waals surface area contributed by atoms with Crippen molar-refractivity contribution < 1.29 is 4.79 Å². The molecular weight excluding hydrogens is 394 g/mol. The summed E-state index contributed by atoms with van der Waals surface area (Å²) in [6.45, 7) is 0. The first-order chi connectivity index (χ1) is 12.5. The molecule has 128 valence electrons. The number of hydrogen-bond acceptors (Lipinski definition) is 3. The molecule has 2 aromatic heterocycles. The molecule has 4 aromatic rings. The van der Waals surface area contributed by atoms with Gasteiger partial charge in [-0.1, -0.05) is 15.9 Å². The van der Waals surface area contributed by atoms with E-state index in [9.17, 15) is 9.59 Å². The van der Waals surface area contributed by atoms with E-state index in [1.54, 1.807) is 22.4 Å². The van der Waals surface area contributed by atoms with Gasteiger partial charge in [-0.05, 0) is 48.4 Å². The molecule has 0 spiro atoms. The smallest absolute Gasteiger partial charge is 0.294 e. The van der Waals surface area contributed by atoms with Crippen molar-refractivity contribution in [3.8, 4) is 5.69 Å². The molecule has 2 heterocycles. The number of rotatable bonds is 1. The minimum atomic E-state index is -0.126. The van der Waals surface area contributed by atoms with Gasteiger partial charge in [0.25, 0.3) is 0 Å². The second-order valence-electron chi connectivity index (χ2n) is 6.60. The number of Topliss-reactive ketones (excluding diaryl/α,β-unsaturated/α-hetero) is 1. The molecular formula is C20H14BrN3O2. The van der Waals surface area contributed by atoms with Crippen LogP contribution in [0.15, 0.2) is 51.9 Å². The van der Waals surface area contributed by atoms with Crippen LogP contribution >= 0.6 is 15.9 Å². The summed E-state index contributed by atoms with van der Waals surface area (Å²) in [4.78, 5) is 29.4. The second-order valence-corrected chi connectivity index (χ2v) is 7.51. The van der Waals surface area contributed by atoms with E-state index in [2.05, 4.69) is 20.9 Å². The Balaban J connectivity index is 1.91. The lowest BCUT2D eigenvalue weighted by Crippen LogP contribution is -2.21. The highest BCUT2D eigenvalue weighted by Gasteiger charge is 2.22. The van der Waals surface area contributed by atoms with Crippen molar-refractivity contribution in [1.29, 1.82) is 0 Å². The third-order valence-corrected chi connectivity index (χ3v) is 5.61. The number of nitrogens with zero attached hydrogens (tertiary/aromatic N) is 3. The minimum Gasteiger partial charge on any atom is -0.294 e. The summed E-state index contributed by atoms with van der Waals surface area (Å²) in [5.41, 5.74) is 4.87. The zero-order valence-electron chi connectivity index (χ0n) is 14.0. The highest BCUT2D eigenvalue weighted by molar-refractivity contribution is 9.10. The normalized spacial score (nSPS) is 13.7. The fraction of sp³-hybridized carbons (Fsp3) is 0.150. The number of aryl methyl sites for hydroxylation is 2. The monoisotopic (exact) mass is 407 g/mol. The van der Waals surface area contributed by atoms with Gasteiger partial charge in [0.2, 0.25) is 0 Å². The van der Waals surface area contributed by atoms with Crippen LogP contribution in [0.25, 0.3) is 27.6 Å². The predicted octanol–water partition coefficient (Wildman–Crippen LogP) is 3.77. The second kappa shape index (κ2) is 5.38. The standard InChI is InChI=1S/C20H14BrN3O2/c1-23-17-10-22-16-6-3-12(21)9-15(16)19(17)24(20(23)26)13-4-5-14-11(8-13)2-7-18(14)25/h3-6,8-10H,2,7H2,1H3. The number of aromatic nitrogens is 3. The van der Waals surface area contributed by atoms with Crippen molar-refractivity contribution >= 4 is 43.6 Å². The average Bonchev–Trinajstić information content (AvgIpc) is 3.13. The van der Waals surface area contributed by atoms with Crippen molar-refractivity contribution in [2.24, 2.45) is 7.05 Å². The van der Waals surface area contributed by atoms with Crippen molar-refractivity contribution in [3.63, 3.8) is 0 Å².